The standard InChI is InChI=1S/C21H25BrN2OS/c1-15(25)24(14-17-12-8-9-13-18(17)22)19(16-10-6-5-7-11-16)20(26)23-21(2,3)4/h5-13,19H,14H2,1-4H3,(H,23,26). The Hall–Kier alpha value is -1.72. The molecule has 0 aliphatic heterocycles. The molecule has 0 aromatic heterocycles. The normalized spacial score (nSPS) is 12.3. The molecule has 2 aromatic carbocycles. The van der Waals surface area contributed by atoms with Crippen LogP contribution in [0.1, 0.15) is 44.9 Å². The largest absolute Gasteiger partial charge is 0.373 e. The van der Waals surface area contributed by atoms with Gasteiger partial charge >= 0.3 is 0 Å². The van der Waals surface area contributed by atoms with Crippen molar-refractivity contribution in [3.05, 3.63) is 70.2 Å². The minimum Gasteiger partial charge on any atom is -0.373 e. The van der Waals surface area contributed by atoms with Crippen molar-refractivity contribution in [3.8, 4) is 0 Å². The summed E-state index contributed by atoms with van der Waals surface area (Å²) < 4.78 is 0.979. The number of halogens is 1. The molecule has 0 saturated heterocycles. The van der Waals surface area contributed by atoms with Gasteiger partial charge in [0.2, 0.25) is 5.91 Å². The van der Waals surface area contributed by atoms with Crippen LogP contribution in [0.2, 0.25) is 0 Å². The Balaban J connectivity index is 2.44. The molecule has 3 nitrogen and oxygen atoms in total. The zero-order valence-corrected chi connectivity index (χ0v) is 18.0. The zero-order valence-electron chi connectivity index (χ0n) is 15.6. The highest BCUT2D eigenvalue weighted by atomic mass is 79.9. The van der Waals surface area contributed by atoms with E-state index in [9.17, 15) is 4.79 Å². The van der Waals surface area contributed by atoms with Crippen molar-refractivity contribution >= 4 is 39.0 Å². The number of rotatable bonds is 5. The first-order valence-corrected chi connectivity index (χ1v) is 9.77. The number of nitrogens with one attached hydrogen (secondary N) is 1. The van der Waals surface area contributed by atoms with Crippen LogP contribution < -0.4 is 5.32 Å². The number of benzene rings is 2. The van der Waals surface area contributed by atoms with Gasteiger partial charge in [0.05, 0.1) is 0 Å². The third-order valence-electron chi connectivity index (χ3n) is 3.88. The molecule has 0 fully saturated rings. The van der Waals surface area contributed by atoms with Gasteiger partial charge in [-0.15, -0.1) is 0 Å². The molecule has 5 heteroatoms. The lowest BCUT2D eigenvalue weighted by Gasteiger charge is -2.35. The molecule has 0 radical (unpaired) electrons. The third-order valence-corrected chi connectivity index (χ3v) is 4.98. The maximum absolute atomic E-state index is 12.6. The molecular weight excluding hydrogens is 408 g/mol. The van der Waals surface area contributed by atoms with Gasteiger partial charge in [0.15, 0.2) is 0 Å². The number of nitrogens with zero attached hydrogens (tertiary/aromatic N) is 1. The maximum Gasteiger partial charge on any atom is 0.220 e. The molecule has 1 atom stereocenters. The van der Waals surface area contributed by atoms with Gasteiger partial charge in [-0.2, -0.15) is 0 Å². The maximum atomic E-state index is 12.6. The molecule has 26 heavy (non-hydrogen) atoms. The second-order valence-electron chi connectivity index (χ2n) is 7.29. The highest BCUT2D eigenvalue weighted by molar-refractivity contribution is 9.10. The lowest BCUT2D eigenvalue weighted by Crippen LogP contribution is -2.47. The van der Waals surface area contributed by atoms with Crippen molar-refractivity contribution in [1.82, 2.24) is 10.2 Å². The van der Waals surface area contributed by atoms with E-state index in [-0.39, 0.29) is 17.5 Å². The Morgan fingerprint density at radius 3 is 2.23 bits per heavy atom. The molecule has 0 aliphatic rings. The summed E-state index contributed by atoms with van der Waals surface area (Å²) in [5, 5.41) is 3.38. The molecule has 0 saturated carbocycles. The summed E-state index contributed by atoms with van der Waals surface area (Å²) >= 11 is 9.31. The number of thiocarbonyl (C=S) groups is 1. The molecule has 0 aliphatic carbocycles. The van der Waals surface area contributed by atoms with Crippen molar-refractivity contribution in [2.75, 3.05) is 0 Å². The van der Waals surface area contributed by atoms with Crippen molar-refractivity contribution in [2.24, 2.45) is 0 Å². The molecule has 138 valence electrons. The smallest absolute Gasteiger partial charge is 0.220 e. The fourth-order valence-corrected chi connectivity index (χ4v) is 3.72. The predicted octanol–water partition coefficient (Wildman–Crippen LogP) is 5.25. The van der Waals surface area contributed by atoms with Crippen LogP contribution in [0.25, 0.3) is 0 Å². The van der Waals surface area contributed by atoms with Crippen LogP contribution in [0.3, 0.4) is 0 Å². The van der Waals surface area contributed by atoms with Crippen LogP contribution in [-0.4, -0.2) is 21.3 Å². The van der Waals surface area contributed by atoms with Crippen LogP contribution in [0.4, 0.5) is 0 Å². The van der Waals surface area contributed by atoms with E-state index in [1.54, 1.807) is 6.92 Å². The molecule has 1 unspecified atom stereocenters. The summed E-state index contributed by atoms with van der Waals surface area (Å²) in [6, 6.07) is 17.5. The van der Waals surface area contributed by atoms with Crippen LogP contribution in [0.5, 0.6) is 0 Å². The summed E-state index contributed by atoms with van der Waals surface area (Å²) in [5.41, 5.74) is 1.86. The summed E-state index contributed by atoms with van der Waals surface area (Å²) in [6.07, 6.45) is 0. The number of hydrogen-bond donors (Lipinski definition) is 1. The van der Waals surface area contributed by atoms with E-state index in [4.69, 9.17) is 12.2 Å². The van der Waals surface area contributed by atoms with Crippen LogP contribution in [-0.2, 0) is 11.3 Å². The fraction of sp³-hybridized carbons (Fsp3) is 0.333. The molecule has 2 rings (SSSR count). The van der Waals surface area contributed by atoms with Crippen LogP contribution in [0, 0.1) is 0 Å². The van der Waals surface area contributed by atoms with E-state index in [2.05, 4.69) is 42.0 Å². The third kappa shape index (κ3) is 5.64. The van der Waals surface area contributed by atoms with Gasteiger partial charge in [-0.3, -0.25) is 4.79 Å². The molecule has 0 bridgehead atoms. The minimum absolute atomic E-state index is 0.0207. The summed E-state index contributed by atoms with van der Waals surface area (Å²) in [5.74, 6) is -0.0207. The van der Waals surface area contributed by atoms with Gasteiger partial charge in [-0.1, -0.05) is 76.7 Å². The van der Waals surface area contributed by atoms with Crippen molar-refractivity contribution in [1.29, 1.82) is 0 Å². The number of amides is 1. The monoisotopic (exact) mass is 432 g/mol. The van der Waals surface area contributed by atoms with E-state index in [1.807, 2.05) is 59.5 Å². The fourth-order valence-electron chi connectivity index (χ4n) is 2.74. The van der Waals surface area contributed by atoms with Gasteiger partial charge in [0.25, 0.3) is 0 Å². The number of hydrogen-bond acceptors (Lipinski definition) is 2. The van der Waals surface area contributed by atoms with Crippen LogP contribution in [0.15, 0.2) is 59.1 Å². The van der Waals surface area contributed by atoms with Gasteiger partial charge in [0, 0.05) is 23.5 Å². The minimum atomic E-state index is -0.324. The van der Waals surface area contributed by atoms with E-state index < -0.39 is 0 Å². The summed E-state index contributed by atoms with van der Waals surface area (Å²) in [4.78, 5) is 15.0. The molecule has 0 heterocycles. The molecule has 1 amide bonds. The average Bonchev–Trinajstić information content (AvgIpc) is 2.55. The molecule has 0 spiro atoms. The van der Waals surface area contributed by atoms with Crippen molar-refractivity contribution in [3.63, 3.8) is 0 Å². The molecular formula is C21H25BrN2OS. The summed E-state index contributed by atoms with van der Waals surface area (Å²) in [6.45, 7) is 8.25. The van der Waals surface area contributed by atoms with Crippen molar-refractivity contribution in [2.45, 2.75) is 45.8 Å². The first-order chi connectivity index (χ1) is 12.2. The van der Waals surface area contributed by atoms with Gasteiger partial charge < -0.3 is 10.2 Å². The Bertz CT molecular complexity index is 771. The first-order valence-electron chi connectivity index (χ1n) is 8.56. The van der Waals surface area contributed by atoms with Gasteiger partial charge in [-0.05, 0) is 38.0 Å². The first kappa shape index (κ1) is 20.6. The van der Waals surface area contributed by atoms with Crippen molar-refractivity contribution < 1.29 is 4.79 Å². The lowest BCUT2D eigenvalue weighted by atomic mass is 10.0. The molecule has 1 N–H and O–H groups in total. The van der Waals surface area contributed by atoms with Crippen LogP contribution >= 0.6 is 28.1 Å². The Kier molecular flexibility index (Phi) is 6.95. The highest BCUT2D eigenvalue weighted by Crippen LogP contribution is 2.27. The summed E-state index contributed by atoms with van der Waals surface area (Å²) in [7, 11) is 0. The average molecular weight is 433 g/mol. The van der Waals surface area contributed by atoms with Gasteiger partial charge in [0.1, 0.15) is 11.0 Å². The Morgan fingerprint density at radius 1 is 1.12 bits per heavy atom. The highest BCUT2D eigenvalue weighted by Gasteiger charge is 2.29. The predicted molar refractivity (Wildman–Crippen MR) is 115 cm³/mol. The number of carbonyl (C=O) groups is 1. The second kappa shape index (κ2) is 8.78. The lowest BCUT2D eigenvalue weighted by molar-refractivity contribution is -0.130. The van der Waals surface area contributed by atoms with E-state index in [0.29, 0.717) is 11.5 Å². The second-order valence-corrected chi connectivity index (χ2v) is 8.58. The quantitative estimate of drug-likeness (QED) is 0.654. The Labute approximate surface area is 169 Å². The topological polar surface area (TPSA) is 32.3 Å². The molecule has 2 aromatic rings. The van der Waals surface area contributed by atoms with E-state index in [0.717, 1.165) is 15.6 Å². The zero-order chi connectivity index (χ0) is 19.3. The Morgan fingerprint density at radius 2 is 1.69 bits per heavy atom. The van der Waals surface area contributed by atoms with E-state index >= 15 is 0 Å². The van der Waals surface area contributed by atoms with E-state index in [1.165, 1.54) is 0 Å². The SMILES string of the molecule is CC(=O)N(Cc1ccccc1Br)C(C(=S)NC(C)(C)C)c1ccccc1. The number of carbonyl (C=O) groups excluding carboxylic acids is 1. The van der Waals surface area contributed by atoms with Gasteiger partial charge in [-0.25, -0.2) is 0 Å².